The third-order valence-electron chi connectivity index (χ3n) is 10.3. The maximum Gasteiger partial charge on any atom is 0.227 e. The van der Waals surface area contributed by atoms with Crippen molar-refractivity contribution >= 4 is 72.0 Å². The van der Waals surface area contributed by atoms with E-state index in [1.807, 2.05) is 54.6 Å². The van der Waals surface area contributed by atoms with Crippen molar-refractivity contribution in [2.24, 2.45) is 0 Å². The highest BCUT2D eigenvalue weighted by atomic mass is 16.4. The van der Waals surface area contributed by atoms with Crippen molar-refractivity contribution in [2.75, 3.05) is 4.90 Å². The van der Waals surface area contributed by atoms with Crippen LogP contribution in [0, 0.1) is 0 Å². The summed E-state index contributed by atoms with van der Waals surface area (Å²) in [6.07, 6.45) is 0. The lowest BCUT2D eigenvalue weighted by Crippen LogP contribution is -2.11. The Labute approximate surface area is 309 Å². The molecule has 3 heterocycles. The fraction of sp³-hybridized carbons (Fsp3) is 0. The smallest absolute Gasteiger partial charge is 0.227 e. The maximum absolute atomic E-state index is 6.49. The average molecular weight is 695 g/mol. The van der Waals surface area contributed by atoms with Crippen molar-refractivity contribution < 1.29 is 13.3 Å². The van der Waals surface area contributed by atoms with Gasteiger partial charge in [-0.2, -0.15) is 0 Å². The van der Waals surface area contributed by atoms with Gasteiger partial charge in [-0.15, -0.1) is 0 Å². The molecule has 0 saturated carbocycles. The Hall–Kier alpha value is -7.37. The number of hydrogen-bond donors (Lipinski definition) is 0. The second kappa shape index (κ2) is 12.1. The Morgan fingerprint density at radius 3 is 1.89 bits per heavy atom. The highest BCUT2D eigenvalue weighted by Gasteiger charge is 2.22. The van der Waals surface area contributed by atoms with E-state index in [9.17, 15) is 0 Å². The zero-order chi connectivity index (χ0) is 35.6. The van der Waals surface area contributed by atoms with Gasteiger partial charge in [-0.05, 0) is 77.9 Å². The Morgan fingerprint density at radius 2 is 1.04 bits per heavy atom. The van der Waals surface area contributed by atoms with E-state index in [1.54, 1.807) is 0 Å². The number of rotatable bonds is 6. The molecule has 11 aromatic rings. The van der Waals surface area contributed by atoms with E-state index in [0.717, 1.165) is 94.3 Å². The van der Waals surface area contributed by atoms with Gasteiger partial charge in [-0.3, -0.25) is 0 Å². The van der Waals surface area contributed by atoms with Gasteiger partial charge in [0.05, 0.1) is 11.1 Å². The summed E-state index contributed by atoms with van der Waals surface area (Å²) in [5.41, 5.74) is 13.2. The van der Waals surface area contributed by atoms with Gasteiger partial charge in [-0.1, -0.05) is 115 Å². The molecule has 3 aromatic heterocycles. The summed E-state index contributed by atoms with van der Waals surface area (Å²) >= 11 is 0. The molecule has 0 fully saturated rings. The maximum atomic E-state index is 6.49. The summed E-state index contributed by atoms with van der Waals surface area (Å²) < 4.78 is 19.3. The van der Waals surface area contributed by atoms with Crippen LogP contribution in [0.25, 0.3) is 88.7 Å². The Bertz CT molecular complexity index is 3160. The number of para-hydroxylation sites is 3. The van der Waals surface area contributed by atoms with Gasteiger partial charge in [-0.25, -0.2) is 4.98 Å². The monoisotopic (exact) mass is 694 g/mol. The molecule has 0 radical (unpaired) electrons. The second-order valence-electron chi connectivity index (χ2n) is 13.5. The van der Waals surface area contributed by atoms with Crippen molar-refractivity contribution in [1.29, 1.82) is 0 Å². The zero-order valence-electron chi connectivity index (χ0n) is 28.9. The Morgan fingerprint density at radius 1 is 0.389 bits per heavy atom. The van der Waals surface area contributed by atoms with Gasteiger partial charge in [0.25, 0.3) is 0 Å². The number of furan rings is 2. The van der Waals surface area contributed by atoms with E-state index < -0.39 is 0 Å². The van der Waals surface area contributed by atoms with Crippen molar-refractivity contribution in [1.82, 2.24) is 4.98 Å². The van der Waals surface area contributed by atoms with Crippen LogP contribution in [0.2, 0.25) is 0 Å². The largest absolute Gasteiger partial charge is 0.456 e. The van der Waals surface area contributed by atoms with E-state index in [0.29, 0.717) is 11.5 Å². The minimum absolute atomic E-state index is 0.584. The molecule has 5 heteroatoms. The molecule has 0 bridgehead atoms. The standard InChI is InChI=1S/C49H30N2O3/c1-3-12-31(13-4-1)36-16-7-9-20-42(36)51(34-24-22-32(23-25-34)37-18-11-19-39-38-17-8-10-21-43(38)53-47(37)39)35-26-28-44-40(30-35)46-45(52-44)29-27-41-48(46)54-49(50-41)33-14-5-2-6-15-33/h1-30H. The first-order valence-electron chi connectivity index (χ1n) is 18.0. The molecule has 0 aliphatic rings. The predicted octanol–water partition coefficient (Wildman–Crippen LogP) is 14.1. The summed E-state index contributed by atoms with van der Waals surface area (Å²) in [7, 11) is 0. The van der Waals surface area contributed by atoms with Crippen LogP contribution in [-0.4, -0.2) is 4.98 Å². The molecule has 11 rings (SSSR count). The summed E-state index contributed by atoms with van der Waals surface area (Å²) in [6.45, 7) is 0. The van der Waals surface area contributed by atoms with E-state index >= 15 is 0 Å². The van der Waals surface area contributed by atoms with E-state index in [2.05, 4.69) is 132 Å². The van der Waals surface area contributed by atoms with Gasteiger partial charge in [0.1, 0.15) is 27.8 Å². The molecule has 0 saturated heterocycles. The van der Waals surface area contributed by atoms with Crippen LogP contribution in [0.15, 0.2) is 195 Å². The Balaban J connectivity index is 1.10. The number of benzene rings is 8. The van der Waals surface area contributed by atoms with Gasteiger partial charge >= 0.3 is 0 Å². The Kier molecular flexibility index (Phi) is 6.79. The minimum atomic E-state index is 0.584. The minimum Gasteiger partial charge on any atom is -0.456 e. The lowest BCUT2D eigenvalue weighted by atomic mass is 10.00. The van der Waals surface area contributed by atoms with E-state index in [-0.39, 0.29) is 0 Å². The van der Waals surface area contributed by atoms with Crippen molar-refractivity contribution in [3.05, 3.63) is 182 Å². The third kappa shape index (κ3) is 4.83. The normalized spacial score (nSPS) is 11.7. The van der Waals surface area contributed by atoms with E-state index in [1.165, 1.54) is 0 Å². The van der Waals surface area contributed by atoms with Gasteiger partial charge in [0.2, 0.25) is 5.89 Å². The highest BCUT2D eigenvalue weighted by molar-refractivity contribution is 6.17. The molecule has 54 heavy (non-hydrogen) atoms. The van der Waals surface area contributed by atoms with Crippen LogP contribution in [0.4, 0.5) is 17.1 Å². The fourth-order valence-electron chi connectivity index (χ4n) is 7.80. The molecule has 0 aliphatic heterocycles. The van der Waals surface area contributed by atoms with Crippen LogP contribution in [0.1, 0.15) is 0 Å². The first kappa shape index (κ1) is 30.3. The van der Waals surface area contributed by atoms with Crippen molar-refractivity contribution in [3.63, 3.8) is 0 Å². The zero-order valence-corrected chi connectivity index (χ0v) is 28.9. The number of oxazole rings is 1. The van der Waals surface area contributed by atoms with Crippen LogP contribution < -0.4 is 4.90 Å². The first-order valence-corrected chi connectivity index (χ1v) is 18.0. The van der Waals surface area contributed by atoms with Crippen LogP contribution in [0.3, 0.4) is 0 Å². The molecular formula is C49H30N2O3. The van der Waals surface area contributed by atoms with Gasteiger partial charge in [0, 0.05) is 44.2 Å². The summed E-state index contributed by atoms with van der Waals surface area (Å²) in [5.74, 6) is 0.584. The second-order valence-corrected chi connectivity index (χ2v) is 13.5. The molecule has 254 valence electrons. The molecule has 0 atom stereocenters. The topological polar surface area (TPSA) is 55.6 Å². The van der Waals surface area contributed by atoms with Gasteiger partial charge < -0.3 is 18.2 Å². The van der Waals surface area contributed by atoms with Crippen LogP contribution in [0.5, 0.6) is 0 Å². The first-order chi connectivity index (χ1) is 26.8. The van der Waals surface area contributed by atoms with Crippen molar-refractivity contribution in [2.45, 2.75) is 0 Å². The highest BCUT2D eigenvalue weighted by Crippen LogP contribution is 2.45. The lowest BCUT2D eigenvalue weighted by molar-refractivity contribution is 0.622. The molecule has 0 unspecified atom stereocenters. The number of anilines is 3. The summed E-state index contributed by atoms with van der Waals surface area (Å²) in [4.78, 5) is 7.18. The van der Waals surface area contributed by atoms with E-state index in [4.69, 9.17) is 18.2 Å². The predicted molar refractivity (Wildman–Crippen MR) is 220 cm³/mol. The number of nitrogens with zero attached hydrogens (tertiary/aromatic N) is 2. The number of hydrogen-bond acceptors (Lipinski definition) is 5. The molecule has 8 aromatic carbocycles. The molecule has 0 N–H and O–H groups in total. The third-order valence-corrected chi connectivity index (χ3v) is 10.3. The molecule has 0 amide bonds. The lowest BCUT2D eigenvalue weighted by Gasteiger charge is -2.28. The molecule has 5 nitrogen and oxygen atoms in total. The SMILES string of the molecule is c1ccc(-c2nc3ccc4oc5ccc(N(c6ccc(-c7cccc8c7oc7ccccc78)cc6)c6ccccc6-c6ccccc6)cc5c4c3o2)cc1. The summed E-state index contributed by atoms with van der Waals surface area (Å²) in [6, 6.07) is 62.8. The summed E-state index contributed by atoms with van der Waals surface area (Å²) in [5, 5.41) is 4.10. The van der Waals surface area contributed by atoms with Crippen molar-refractivity contribution in [3.8, 4) is 33.7 Å². The molecule has 0 aliphatic carbocycles. The van der Waals surface area contributed by atoms with Gasteiger partial charge in [0.15, 0.2) is 5.58 Å². The van der Waals surface area contributed by atoms with Crippen LogP contribution in [-0.2, 0) is 0 Å². The van der Waals surface area contributed by atoms with Crippen LogP contribution >= 0.6 is 0 Å². The average Bonchev–Trinajstić information content (AvgIpc) is 3.95. The molecule has 0 spiro atoms. The quantitative estimate of drug-likeness (QED) is 0.173. The molecular weight excluding hydrogens is 665 g/mol. The number of aromatic nitrogens is 1. The number of fused-ring (bicyclic) bond motifs is 8. The fourth-order valence-corrected chi connectivity index (χ4v) is 7.80.